The molecule has 0 unspecified atom stereocenters. The lowest BCUT2D eigenvalue weighted by atomic mass is 10.2. The molecule has 0 aliphatic rings. The van der Waals surface area contributed by atoms with Gasteiger partial charge >= 0.3 is 0 Å². The van der Waals surface area contributed by atoms with Crippen LogP contribution in [-0.4, -0.2) is 0 Å². The summed E-state index contributed by atoms with van der Waals surface area (Å²) in [7, 11) is 0. The van der Waals surface area contributed by atoms with E-state index in [1.54, 1.807) is 24.5 Å². The van der Waals surface area contributed by atoms with Gasteiger partial charge in [-0.15, -0.1) is 0 Å². The molecule has 0 amide bonds. The third-order valence-corrected chi connectivity index (χ3v) is 2.13. The van der Waals surface area contributed by atoms with Gasteiger partial charge in [-0.1, -0.05) is 0 Å². The number of hydrogen-bond donors (Lipinski definition) is 1. The van der Waals surface area contributed by atoms with Gasteiger partial charge in [0.2, 0.25) is 0 Å². The molecule has 0 bridgehead atoms. The first-order chi connectivity index (χ1) is 7.79. The number of furan rings is 1. The Labute approximate surface area is 92.1 Å². The van der Waals surface area contributed by atoms with Crippen molar-refractivity contribution in [3.63, 3.8) is 0 Å². The SMILES string of the molecule is N#Cc1ccc(NCc2ccco2)c(F)c1. The Kier molecular flexibility index (Phi) is 2.88. The Morgan fingerprint density at radius 3 is 2.88 bits per heavy atom. The second-order valence-corrected chi connectivity index (χ2v) is 3.24. The van der Waals surface area contributed by atoms with Crippen molar-refractivity contribution in [1.82, 2.24) is 0 Å². The van der Waals surface area contributed by atoms with E-state index in [0.29, 0.717) is 17.8 Å². The number of nitrogens with zero attached hydrogens (tertiary/aromatic N) is 1. The smallest absolute Gasteiger partial charge is 0.147 e. The molecule has 0 spiro atoms. The van der Waals surface area contributed by atoms with Crippen molar-refractivity contribution in [2.24, 2.45) is 0 Å². The summed E-state index contributed by atoms with van der Waals surface area (Å²) >= 11 is 0. The van der Waals surface area contributed by atoms with Crippen molar-refractivity contribution < 1.29 is 8.81 Å². The highest BCUT2D eigenvalue weighted by atomic mass is 19.1. The fourth-order valence-electron chi connectivity index (χ4n) is 1.32. The van der Waals surface area contributed by atoms with E-state index in [2.05, 4.69) is 5.32 Å². The zero-order valence-corrected chi connectivity index (χ0v) is 8.40. The van der Waals surface area contributed by atoms with Gasteiger partial charge in [0.25, 0.3) is 0 Å². The summed E-state index contributed by atoms with van der Waals surface area (Å²) in [6.45, 7) is 0.413. The van der Waals surface area contributed by atoms with E-state index in [1.807, 2.05) is 6.07 Å². The third-order valence-electron chi connectivity index (χ3n) is 2.13. The van der Waals surface area contributed by atoms with Crippen molar-refractivity contribution in [3.8, 4) is 6.07 Å². The minimum atomic E-state index is -0.439. The first-order valence-corrected chi connectivity index (χ1v) is 4.75. The van der Waals surface area contributed by atoms with Crippen LogP contribution in [0.2, 0.25) is 0 Å². The van der Waals surface area contributed by atoms with Crippen LogP contribution in [0.4, 0.5) is 10.1 Å². The molecule has 0 aliphatic carbocycles. The van der Waals surface area contributed by atoms with Crippen molar-refractivity contribution in [2.45, 2.75) is 6.54 Å². The number of hydrogen-bond acceptors (Lipinski definition) is 3. The molecule has 0 fully saturated rings. The lowest BCUT2D eigenvalue weighted by molar-refractivity contribution is 0.517. The van der Waals surface area contributed by atoms with Crippen LogP contribution < -0.4 is 5.32 Å². The van der Waals surface area contributed by atoms with Gasteiger partial charge in [-0.3, -0.25) is 0 Å². The van der Waals surface area contributed by atoms with Crippen LogP contribution in [0, 0.1) is 17.1 Å². The van der Waals surface area contributed by atoms with Gasteiger partial charge in [-0.25, -0.2) is 4.39 Å². The summed E-state index contributed by atoms with van der Waals surface area (Å²) in [6, 6.07) is 9.75. The number of nitrogens with one attached hydrogen (secondary N) is 1. The zero-order valence-electron chi connectivity index (χ0n) is 8.40. The van der Waals surface area contributed by atoms with E-state index in [9.17, 15) is 4.39 Å². The van der Waals surface area contributed by atoms with E-state index in [-0.39, 0.29) is 0 Å². The highest BCUT2D eigenvalue weighted by Gasteiger charge is 2.03. The average Bonchev–Trinajstić information content (AvgIpc) is 2.80. The maximum atomic E-state index is 13.4. The molecule has 1 aromatic carbocycles. The van der Waals surface area contributed by atoms with Crippen LogP contribution in [0.15, 0.2) is 41.0 Å². The van der Waals surface area contributed by atoms with E-state index in [1.165, 1.54) is 12.1 Å². The fraction of sp³-hybridized carbons (Fsp3) is 0.0833. The molecular weight excluding hydrogens is 207 g/mol. The molecule has 2 aromatic rings. The molecule has 0 saturated heterocycles. The van der Waals surface area contributed by atoms with E-state index in [0.717, 1.165) is 5.76 Å². The van der Waals surface area contributed by atoms with Crippen LogP contribution in [-0.2, 0) is 6.54 Å². The maximum Gasteiger partial charge on any atom is 0.147 e. The van der Waals surface area contributed by atoms with Gasteiger partial charge in [-0.2, -0.15) is 5.26 Å². The van der Waals surface area contributed by atoms with Gasteiger partial charge in [0.05, 0.1) is 30.1 Å². The first-order valence-electron chi connectivity index (χ1n) is 4.75. The molecule has 16 heavy (non-hydrogen) atoms. The quantitative estimate of drug-likeness (QED) is 0.858. The van der Waals surface area contributed by atoms with E-state index < -0.39 is 5.82 Å². The van der Waals surface area contributed by atoms with E-state index >= 15 is 0 Å². The van der Waals surface area contributed by atoms with Gasteiger partial charge < -0.3 is 9.73 Å². The molecule has 1 aromatic heterocycles. The lowest BCUT2D eigenvalue weighted by Crippen LogP contribution is -2.00. The third kappa shape index (κ3) is 2.20. The molecule has 0 saturated carbocycles. The summed E-state index contributed by atoms with van der Waals surface area (Å²) in [4.78, 5) is 0. The minimum Gasteiger partial charge on any atom is -0.467 e. The Balaban J connectivity index is 2.08. The van der Waals surface area contributed by atoms with Crippen molar-refractivity contribution >= 4 is 5.69 Å². The Hall–Kier alpha value is -2.28. The number of rotatable bonds is 3. The minimum absolute atomic E-state index is 0.307. The number of anilines is 1. The molecule has 1 N–H and O–H groups in total. The highest BCUT2D eigenvalue weighted by molar-refractivity contribution is 5.48. The molecular formula is C12H9FN2O. The molecule has 3 nitrogen and oxygen atoms in total. The monoisotopic (exact) mass is 216 g/mol. The predicted octanol–water partition coefficient (Wildman–Crippen LogP) is 2.90. The molecule has 80 valence electrons. The number of nitriles is 1. The Morgan fingerprint density at radius 2 is 2.25 bits per heavy atom. The van der Waals surface area contributed by atoms with Crippen LogP contribution in [0.1, 0.15) is 11.3 Å². The molecule has 4 heteroatoms. The van der Waals surface area contributed by atoms with Crippen molar-refractivity contribution in [3.05, 3.63) is 53.7 Å². The molecule has 0 aliphatic heterocycles. The highest BCUT2D eigenvalue weighted by Crippen LogP contribution is 2.16. The second-order valence-electron chi connectivity index (χ2n) is 3.24. The maximum absolute atomic E-state index is 13.4. The van der Waals surface area contributed by atoms with Gasteiger partial charge in [-0.05, 0) is 30.3 Å². The summed E-state index contributed by atoms with van der Waals surface area (Å²) in [5.74, 6) is 0.286. The zero-order chi connectivity index (χ0) is 11.4. The standard InChI is InChI=1S/C12H9FN2O/c13-11-6-9(7-14)3-4-12(11)15-8-10-2-1-5-16-10/h1-6,15H,8H2. The van der Waals surface area contributed by atoms with Crippen LogP contribution >= 0.6 is 0 Å². The average molecular weight is 216 g/mol. The second kappa shape index (κ2) is 4.49. The molecule has 0 atom stereocenters. The molecule has 0 radical (unpaired) electrons. The fourth-order valence-corrected chi connectivity index (χ4v) is 1.32. The topological polar surface area (TPSA) is 49.0 Å². The van der Waals surface area contributed by atoms with Gasteiger partial charge in [0.1, 0.15) is 11.6 Å². The van der Waals surface area contributed by atoms with Crippen LogP contribution in [0.25, 0.3) is 0 Å². The van der Waals surface area contributed by atoms with Crippen LogP contribution in [0.3, 0.4) is 0 Å². The number of halogens is 1. The first kappa shape index (κ1) is 10.2. The number of benzene rings is 1. The van der Waals surface area contributed by atoms with Crippen LogP contribution in [0.5, 0.6) is 0 Å². The normalized spacial score (nSPS) is 9.75. The van der Waals surface area contributed by atoms with Crippen molar-refractivity contribution in [2.75, 3.05) is 5.32 Å². The summed E-state index contributed by atoms with van der Waals surface area (Å²) < 4.78 is 18.5. The summed E-state index contributed by atoms with van der Waals surface area (Å²) in [5.41, 5.74) is 0.663. The summed E-state index contributed by atoms with van der Waals surface area (Å²) in [6.07, 6.45) is 1.56. The van der Waals surface area contributed by atoms with E-state index in [4.69, 9.17) is 9.68 Å². The summed E-state index contributed by atoms with van der Waals surface area (Å²) in [5, 5.41) is 11.5. The predicted molar refractivity (Wildman–Crippen MR) is 57.1 cm³/mol. The van der Waals surface area contributed by atoms with Gasteiger partial charge in [0.15, 0.2) is 0 Å². The Morgan fingerprint density at radius 1 is 1.38 bits per heavy atom. The van der Waals surface area contributed by atoms with Crippen molar-refractivity contribution in [1.29, 1.82) is 5.26 Å². The largest absolute Gasteiger partial charge is 0.467 e. The molecule has 2 rings (SSSR count). The Bertz CT molecular complexity index is 514. The lowest BCUT2D eigenvalue weighted by Gasteiger charge is -2.05. The van der Waals surface area contributed by atoms with Gasteiger partial charge in [0, 0.05) is 0 Å². The molecule has 1 heterocycles.